The van der Waals surface area contributed by atoms with Gasteiger partial charge in [0.2, 0.25) is 0 Å². The summed E-state index contributed by atoms with van der Waals surface area (Å²) in [5.74, 6) is 3.05. The van der Waals surface area contributed by atoms with Gasteiger partial charge in [-0.1, -0.05) is 19.9 Å². The van der Waals surface area contributed by atoms with Crippen LogP contribution in [0.4, 0.5) is 5.69 Å². The number of rotatable bonds is 10. The fourth-order valence-corrected chi connectivity index (χ4v) is 3.61. The lowest BCUT2D eigenvalue weighted by Crippen LogP contribution is -2.43. The molecule has 1 aliphatic heterocycles. The topological polar surface area (TPSA) is 58.1 Å². The van der Waals surface area contributed by atoms with Gasteiger partial charge in [-0.15, -0.1) is 24.0 Å². The van der Waals surface area contributed by atoms with E-state index in [1.54, 1.807) is 7.11 Å². The van der Waals surface area contributed by atoms with Crippen LogP contribution in [0.2, 0.25) is 0 Å². The molecule has 1 unspecified atom stereocenters. The molecular formula is C22H39IN4O2. The highest BCUT2D eigenvalue weighted by Crippen LogP contribution is 2.19. The number of hydrogen-bond acceptors (Lipinski definition) is 4. The number of nitrogens with one attached hydrogen (secondary N) is 2. The first kappa shape index (κ1) is 26.0. The van der Waals surface area contributed by atoms with Crippen molar-refractivity contribution in [3.8, 4) is 5.75 Å². The smallest absolute Gasteiger partial charge is 0.195 e. The van der Waals surface area contributed by atoms with E-state index in [0.717, 1.165) is 36.3 Å². The highest BCUT2D eigenvalue weighted by Gasteiger charge is 2.20. The zero-order valence-electron chi connectivity index (χ0n) is 18.4. The molecule has 166 valence electrons. The summed E-state index contributed by atoms with van der Waals surface area (Å²) < 4.78 is 10.8. The summed E-state index contributed by atoms with van der Waals surface area (Å²) in [6, 6.07) is 8.00. The molecule has 1 atom stereocenters. The van der Waals surface area contributed by atoms with E-state index in [2.05, 4.69) is 34.4 Å². The van der Waals surface area contributed by atoms with Crippen molar-refractivity contribution in [1.29, 1.82) is 0 Å². The second kappa shape index (κ2) is 14.8. The normalized spacial score (nSPS) is 17.7. The van der Waals surface area contributed by atoms with Crippen molar-refractivity contribution in [3.05, 3.63) is 24.3 Å². The zero-order valence-corrected chi connectivity index (χ0v) is 20.8. The summed E-state index contributed by atoms with van der Waals surface area (Å²) in [6.07, 6.45) is 3.45. The predicted molar refractivity (Wildman–Crippen MR) is 133 cm³/mol. The van der Waals surface area contributed by atoms with Crippen LogP contribution in [0.25, 0.3) is 0 Å². The van der Waals surface area contributed by atoms with Gasteiger partial charge in [0.05, 0.1) is 6.61 Å². The van der Waals surface area contributed by atoms with Crippen molar-refractivity contribution in [3.63, 3.8) is 0 Å². The largest absolute Gasteiger partial charge is 0.493 e. The van der Waals surface area contributed by atoms with Crippen LogP contribution in [0.3, 0.4) is 0 Å². The third kappa shape index (κ3) is 10.5. The van der Waals surface area contributed by atoms with Crippen LogP contribution < -0.4 is 15.4 Å². The Hall–Kier alpha value is -1.06. The van der Waals surface area contributed by atoms with Crippen molar-refractivity contribution in [2.75, 3.05) is 58.9 Å². The van der Waals surface area contributed by atoms with Crippen molar-refractivity contribution < 1.29 is 9.47 Å². The van der Waals surface area contributed by atoms with Crippen LogP contribution in [-0.2, 0) is 4.74 Å². The summed E-state index contributed by atoms with van der Waals surface area (Å²) in [5.41, 5.74) is 0.974. The molecule has 0 spiro atoms. The Morgan fingerprint density at radius 3 is 2.86 bits per heavy atom. The van der Waals surface area contributed by atoms with E-state index in [-0.39, 0.29) is 24.0 Å². The summed E-state index contributed by atoms with van der Waals surface area (Å²) in [6.45, 7) is 10.5. The van der Waals surface area contributed by atoms with E-state index >= 15 is 0 Å². The van der Waals surface area contributed by atoms with Crippen LogP contribution in [0.15, 0.2) is 29.3 Å². The molecule has 0 bridgehead atoms. The molecule has 0 aromatic heterocycles. The molecular weight excluding hydrogens is 479 g/mol. The van der Waals surface area contributed by atoms with Gasteiger partial charge in [0.15, 0.2) is 5.96 Å². The van der Waals surface area contributed by atoms with Gasteiger partial charge in [0, 0.05) is 58.6 Å². The maximum Gasteiger partial charge on any atom is 0.195 e. The van der Waals surface area contributed by atoms with Gasteiger partial charge in [-0.2, -0.15) is 0 Å². The molecule has 1 aliphatic rings. The minimum atomic E-state index is 0. The predicted octanol–water partition coefficient (Wildman–Crippen LogP) is 4.08. The Morgan fingerprint density at radius 1 is 1.31 bits per heavy atom. The summed E-state index contributed by atoms with van der Waals surface area (Å²) in [4.78, 5) is 6.97. The standard InChI is InChI=1S/C22H38N4O2.HI/c1-18(2)16-26-11-6-8-19(17-26)15-24-22(23-3)25-20-9-5-10-21(14-20)28-13-7-12-27-4;/h5,9-10,14,18-19H,6-8,11-13,15-17H2,1-4H3,(H2,23,24,25);1H. The van der Waals surface area contributed by atoms with Crippen LogP contribution in [-0.4, -0.2) is 64.4 Å². The molecule has 2 rings (SSSR count). The van der Waals surface area contributed by atoms with Crippen LogP contribution in [0, 0.1) is 11.8 Å². The minimum Gasteiger partial charge on any atom is -0.493 e. The number of guanidine groups is 1. The summed E-state index contributed by atoms with van der Waals surface area (Å²) in [5, 5.41) is 6.87. The molecule has 0 amide bonds. The maximum atomic E-state index is 5.78. The molecule has 1 heterocycles. The Morgan fingerprint density at radius 2 is 2.14 bits per heavy atom. The zero-order chi connectivity index (χ0) is 20.2. The number of benzene rings is 1. The minimum absolute atomic E-state index is 0. The third-order valence-electron chi connectivity index (χ3n) is 4.87. The van der Waals surface area contributed by atoms with Crippen LogP contribution >= 0.6 is 24.0 Å². The molecule has 7 heteroatoms. The Bertz CT molecular complexity index is 598. The lowest BCUT2D eigenvalue weighted by molar-refractivity contribution is 0.159. The van der Waals surface area contributed by atoms with E-state index < -0.39 is 0 Å². The first-order valence-electron chi connectivity index (χ1n) is 10.5. The fraction of sp³-hybridized carbons (Fsp3) is 0.682. The molecule has 0 aliphatic carbocycles. The molecule has 1 saturated heterocycles. The molecule has 1 fully saturated rings. The second-order valence-electron chi connectivity index (χ2n) is 7.96. The number of piperidine rings is 1. The molecule has 1 aromatic carbocycles. The highest BCUT2D eigenvalue weighted by molar-refractivity contribution is 14.0. The van der Waals surface area contributed by atoms with Gasteiger partial charge < -0.3 is 25.0 Å². The van der Waals surface area contributed by atoms with Crippen molar-refractivity contribution in [2.45, 2.75) is 33.1 Å². The third-order valence-corrected chi connectivity index (χ3v) is 4.87. The van der Waals surface area contributed by atoms with Gasteiger partial charge in [-0.3, -0.25) is 4.99 Å². The average molecular weight is 518 g/mol. The van der Waals surface area contributed by atoms with Gasteiger partial charge in [0.1, 0.15) is 5.75 Å². The van der Waals surface area contributed by atoms with E-state index in [0.29, 0.717) is 19.1 Å². The molecule has 1 aromatic rings. The number of methoxy groups -OCH3 is 1. The number of ether oxygens (including phenoxy) is 2. The molecule has 0 radical (unpaired) electrons. The number of hydrogen-bond donors (Lipinski definition) is 2. The Balaban J connectivity index is 0.00000420. The van der Waals surface area contributed by atoms with E-state index in [9.17, 15) is 0 Å². The molecule has 6 nitrogen and oxygen atoms in total. The number of likely N-dealkylation sites (tertiary alicyclic amines) is 1. The first-order chi connectivity index (χ1) is 13.6. The second-order valence-corrected chi connectivity index (χ2v) is 7.96. The van der Waals surface area contributed by atoms with Gasteiger partial charge in [0.25, 0.3) is 0 Å². The van der Waals surface area contributed by atoms with E-state index in [1.165, 1.54) is 32.5 Å². The van der Waals surface area contributed by atoms with E-state index in [4.69, 9.17) is 9.47 Å². The Kier molecular flexibility index (Phi) is 13.3. The maximum absolute atomic E-state index is 5.78. The monoisotopic (exact) mass is 518 g/mol. The first-order valence-corrected chi connectivity index (χ1v) is 10.5. The van der Waals surface area contributed by atoms with Gasteiger partial charge >= 0.3 is 0 Å². The van der Waals surface area contributed by atoms with Crippen molar-refractivity contribution in [1.82, 2.24) is 10.2 Å². The molecule has 29 heavy (non-hydrogen) atoms. The number of halogens is 1. The quantitative estimate of drug-likeness (QED) is 0.212. The lowest BCUT2D eigenvalue weighted by atomic mass is 9.97. The highest BCUT2D eigenvalue weighted by atomic mass is 127. The van der Waals surface area contributed by atoms with Crippen LogP contribution in [0.1, 0.15) is 33.1 Å². The summed E-state index contributed by atoms with van der Waals surface area (Å²) in [7, 11) is 3.52. The number of anilines is 1. The van der Waals surface area contributed by atoms with E-state index in [1.807, 2.05) is 31.3 Å². The molecule has 0 saturated carbocycles. The SMILES string of the molecule is CN=C(NCC1CCCN(CC(C)C)C1)Nc1cccc(OCCCOC)c1.I. The fourth-order valence-electron chi connectivity index (χ4n) is 3.61. The van der Waals surface area contributed by atoms with Gasteiger partial charge in [-0.05, 0) is 43.4 Å². The Labute approximate surface area is 193 Å². The van der Waals surface area contributed by atoms with Crippen molar-refractivity contribution in [2.24, 2.45) is 16.8 Å². The lowest BCUT2D eigenvalue weighted by Gasteiger charge is -2.34. The van der Waals surface area contributed by atoms with Crippen molar-refractivity contribution >= 4 is 35.6 Å². The molecule has 2 N–H and O–H groups in total. The van der Waals surface area contributed by atoms with Crippen LogP contribution in [0.5, 0.6) is 5.75 Å². The number of nitrogens with zero attached hydrogens (tertiary/aromatic N) is 2. The average Bonchev–Trinajstić information content (AvgIpc) is 2.68. The van der Waals surface area contributed by atoms with Gasteiger partial charge in [-0.25, -0.2) is 0 Å². The summed E-state index contributed by atoms with van der Waals surface area (Å²) >= 11 is 0. The number of aliphatic imine (C=N–C) groups is 1.